The maximum atomic E-state index is 6.02. The van der Waals surface area contributed by atoms with Crippen LogP contribution in [0.2, 0.25) is 0 Å². The van der Waals surface area contributed by atoms with Crippen LogP contribution in [0.4, 0.5) is 0 Å². The number of methoxy groups -OCH3 is 2. The topological polar surface area (TPSA) is 44.5 Å². The maximum absolute atomic E-state index is 6.02. The number of thioether (sulfide) groups is 1. The molecule has 0 amide bonds. The van der Waals surface area contributed by atoms with Crippen LogP contribution in [0.5, 0.6) is 11.5 Å². The summed E-state index contributed by atoms with van der Waals surface area (Å²) in [5, 5.41) is 0. The molecular formula is C14H24ClNO2S. The van der Waals surface area contributed by atoms with Gasteiger partial charge in [-0.25, -0.2) is 0 Å². The Balaban J connectivity index is 0.00000324. The summed E-state index contributed by atoms with van der Waals surface area (Å²) in [6, 6.07) is 4.25. The highest BCUT2D eigenvalue weighted by Crippen LogP contribution is 2.36. The zero-order chi connectivity index (χ0) is 13.5. The van der Waals surface area contributed by atoms with E-state index in [4.69, 9.17) is 15.2 Å². The van der Waals surface area contributed by atoms with Gasteiger partial charge in [-0.2, -0.15) is 0 Å². The van der Waals surface area contributed by atoms with E-state index >= 15 is 0 Å². The summed E-state index contributed by atoms with van der Waals surface area (Å²) in [5.74, 6) is 2.81. The van der Waals surface area contributed by atoms with Crippen molar-refractivity contribution < 1.29 is 9.47 Å². The molecule has 3 nitrogen and oxygen atoms in total. The van der Waals surface area contributed by atoms with Crippen molar-refractivity contribution in [3.05, 3.63) is 17.7 Å². The summed E-state index contributed by atoms with van der Waals surface area (Å²) in [6.45, 7) is 4.22. The molecule has 110 valence electrons. The summed E-state index contributed by atoms with van der Waals surface area (Å²) in [4.78, 5) is 1.12. The van der Waals surface area contributed by atoms with Crippen molar-refractivity contribution in [2.75, 3.05) is 20.0 Å². The van der Waals surface area contributed by atoms with Gasteiger partial charge >= 0.3 is 0 Å². The lowest BCUT2D eigenvalue weighted by atomic mass is 10.0. The SMILES string of the molecule is CCSc1cc(OC)c(CC(N)CC)cc1OC.Cl. The van der Waals surface area contributed by atoms with Crippen LogP contribution in [-0.2, 0) is 6.42 Å². The molecule has 0 saturated carbocycles. The van der Waals surface area contributed by atoms with Crippen LogP contribution < -0.4 is 15.2 Å². The molecule has 1 atom stereocenters. The maximum Gasteiger partial charge on any atom is 0.132 e. The van der Waals surface area contributed by atoms with Crippen molar-refractivity contribution in [1.82, 2.24) is 0 Å². The minimum Gasteiger partial charge on any atom is -0.496 e. The number of nitrogens with two attached hydrogens (primary N) is 1. The monoisotopic (exact) mass is 305 g/mol. The number of halogens is 1. The van der Waals surface area contributed by atoms with Crippen LogP contribution in [0.25, 0.3) is 0 Å². The third kappa shape index (κ3) is 5.13. The molecule has 0 fully saturated rings. The van der Waals surface area contributed by atoms with E-state index in [1.54, 1.807) is 26.0 Å². The molecule has 0 aliphatic carbocycles. The molecule has 5 heteroatoms. The molecule has 0 aliphatic heterocycles. The summed E-state index contributed by atoms with van der Waals surface area (Å²) in [5.41, 5.74) is 7.13. The molecule has 1 unspecified atom stereocenters. The second-order valence-corrected chi connectivity index (χ2v) is 5.43. The van der Waals surface area contributed by atoms with Crippen molar-refractivity contribution in [3.8, 4) is 11.5 Å². The normalized spacial score (nSPS) is 11.6. The molecule has 1 rings (SSSR count). The van der Waals surface area contributed by atoms with E-state index in [9.17, 15) is 0 Å². The van der Waals surface area contributed by atoms with E-state index in [-0.39, 0.29) is 18.4 Å². The average Bonchev–Trinajstić information content (AvgIpc) is 2.39. The molecule has 0 heterocycles. The Bertz CT molecular complexity index is 388. The van der Waals surface area contributed by atoms with E-state index < -0.39 is 0 Å². The Morgan fingerprint density at radius 2 is 1.79 bits per heavy atom. The number of hydrogen-bond donors (Lipinski definition) is 1. The van der Waals surface area contributed by atoms with Gasteiger partial charge in [0.2, 0.25) is 0 Å². The van der Waals surface area contributed by atoms with Crippen LogP contribution in [-0.4, -0.2) is 26.0 Å². The number of hydrogen-bond acceptors (Lipinski definition) is 4. The third-order valence-electron chi connectivity index (χ3n) is 2.87. The third-order valence-corrected chi connectivity index (χ3v) is 3.79. The van der Waals surface area contributed by atoms with Gasteiger partial charge < -0.3 is 15.2 Å². The molecule has 0 radical (unpaired) electrons. The molecule has 0 aromatic heterocycles. The van der Waals surface area contributed by atoms with Crippen LogP contribution >= 0.6 is 24.2 Å². The molecule has 1 aromatic carbocycles. The highest BCUT2D eigenvalue weighted by Gasteiger charge is 2.13. The first kappa shape index (κ1) is 18.4. The fourth-order valence-corrected chi connectivity index (χ4v) is 2.57. The van der Waals surface area contributed by atoms with Gasteiger partial charge in [0.25, 0.3) is 0 Å². The van der Waals surface area contributed by atoms with Crippen molar-refractivity contribution in [2.45, 2.75) is 37.6 Å². The van der Waals surface area contributed by atoms with E-state index in [2.05, 4.69) is 13.8 Å². The minimum absolute atomic E-state index is 0. The lowest BCUT2D eigenvalue weighted by molar-refractivity contribution is 0.389. The number of benzene rings is 1. The summed E-state index contributed by atoms with van der Waals surface area (Å²) < 4.78 is 10.9. The Morgan fingerprint density at radius 1 is 1.16 bits per heavy atom. The van der Waals surface area contributed by atoms with E-state index in [1.165, 1.54) is 0 Å². The lowest BCUT2D eigenvalue weighted by Crippen LogP contribution is -2.21. The van der Waals surface area contributed by atoms with Crippen molar-refractivity contribution in [2.24, 2.45) is 5.73 Å². The average molecular weight is 306 g/mol. The molecule has 0 bridgehead atoms. The first-order valence-electron chi connectivity index (χ1n) is 6.29. The largest absolute Gasteiger partial charge is 0.496 e. The van der Waals surface area contributed by atoms with Crippen molar-refractivity contribution in [1.29, 1.82) is 0 Å². The zero-order valence-electron chi connectivity index (χ0n) is 12.1. The Morgan fingerprint density at radius 3 is 2.26 bits per heavy atom. The predicted molar refractivity (Wildman–Crippen MR) is 85.2 cm³/mol. The molecule has 0 spiro atoms. The van der Waals surface area contributed by atoms with Crippen LogP contribution in [0.15, 0.2) is 17.0 Å². The van der Waals surface area contributed by atoms with Gasteiger partial charge in [0, 0.05) is 6.04 Å². The molecule has 2 N–H and O–H groups in total. The Hall–Kier alpha value is -0.580. The van der Waals surface area contributed by atoms with Gasteiger partial charge in [0.05, 0.1) is 19.1 Å². The van der Waals surface area contributed by atoms with E-state index in [0.717, 1.165) is 40.6 Å². The van der Waals surface area contributed by atoms with Gasteiger partial charge in [-0.3, -0.25) is 0 Å². The molecule has 1 aromatic rings. The van der Waals surface area contributed by atoms with Gasteiger partial charge in [-0.05, 0) is 36.3 Å². The first-order valence-corrected chi connectivity index (χ1v) is 7.28. The standard InChI is InChI=1S/C14H23NO2S.ClH/c1-5-11(15)7-10-8-13(17-4)14(18-6-2)9-12(10)16-3;/h8-9,11H,5-7,15H2,1-4H3;1H. The fourth-order valence-electron chi connectivity index (χ4n) is 1.79. The van der Waals surface area contributed by atoms with Crippen molar-refractivity contribution in [3.63, 3.8) is 0 Å². The minimum atomic E-state index is 0. The molecule has 0 aliphatic rings. The first-order chi connectivity index (χ1) is 8.65. The zero-order valence-corrected chi connectivity index (χ0v) is 13.7. The number of rotatable bonds is 7. The van der Waals surface area contributed by atoms with Gasteiger partial charge in [-0.1, -0.05) is 13.8 Å². The Labute approximate surface area is 126 Å². The highest BCUT2D eigenvalue weighted by atomic mass is 35.5. The second-order valence-electron chi connectivity index (χ2n) is 4.12. The smallest absolute Gasteiger partial charge is 0.132 e. The Kier molecular flexibility index (Phi) is 9.06. The van der Waals surface area contributed by atoms with Crippen molar-refractivity contribution >= 4 is 24.2 Å². The van der Waals surface area contributed by atoms with Gasteiger partial charge in [0.1, 0.15) is 11.5 Å². The van der Waals surface area contributed by atoms with Gasteiger partial charge in [-0.15, -0.1) is 24.2 Å². The second kappa shape index (κ2) is 9.34. The predicted octanol–water partition coefficient (Wildman–Crippen LogP) is 3.52. The van der Waals surface area contributed by atoms with Crippen LogP contribution in [0.3, 0.4) is 0 Å². The van der Waals surface area contributed by atoms with Gasteiger partial charge in [0.15, 0.2) is 0 Å². The summed E-state index contributed by atoms with van der Waals surface area (Å²) in [7, 11) is 3.40. The summed E-state index contributed by atoms with van der Waals surface area (Å²) in [6.07, 6.45) is 1.77. The molecule has 19 heavy (non-hydrogen) atoms. The molecule has 0 saturated heterocycles. The number of ether oxygens (including phenoxy) is 2. The fraction of sp³-hybridized carbons (Fsp3) is 0.571. The lowest BCUT2D eigenvalue weighted by Gasteiger charge is -2.16. The van der Waals surface area contributed by atoms with E-state index in [1.807, 2.05) is 12.1 Å². The quantitative estimate of drug-likeness (QED) is 0.783. The van der Waals surface area contributed by atoms with E-state index in [0.29, 0.717) is 0 Å². The summed E-state index contributed by atoms with van der Waals surface area (Å²) >= 11 is 1.75. The van der Waals surface area contributed by atoms with Crippen LogP contribution in [0, 0.1) is 0 Å². The molecular weight excluding hydrogens is 282 g/mol. The van der Waals surface area contributed by atoms with Crippen LogP contribution in [0.1, 0.15) is 25.8 Å². The highest BCUT2D eigenvalue weighted by molar-refractivity contribution is 7.99.